The lowest BCUT2D eigenvalue weighted by molar-refractivity contribution is -0.121. The van der Waals surface area contributed by atoms with Gasteiger partial charge < -0.3 is 0 Å². The molecule has 12 heavy (non-hydrogen) atoms. The Kier molecular flexibility index (Phi) is 2.20. The first-order valence-corrected chi connectivity index (χ1v) is 5.35. The van der Waals surface area contributed by atoms with E-state index in [1.807, 2.05) is 0 Å². The van der Waals surface area contributed by atoms with Gasteiger partial charge in [-0.1, -0.05) is 19.8 Å². The van der Waals surface area contributed by atoms with Gasteiger partial charge in [0.1, 0.15) is 5.78 Å². The highest BCUT2D eigenvalue weighted by Gasteiger charge is 2.41. The van der Waals surface area contributed by atoms with E-state index < -0.39 is 0 Å². The van der Waals surface area contributed by atoms with Gasteiger partial charge in [-0.05, 0) is 31.1 Å². The van der Waals surface area contributed by atoms with Crippen LogP contribution in [0.5, 0.6) is 0 Å². The normalized spacial score (nSPS) is 41.4. The summed E-state index contributed by atoms with van der Waals surface area (Å²) < 4.78 is 0. The second-order valence-corrected chi connectivity index (χ2v) is 4.39. The summed E-state index contributed by atoms with van der Waals surface area (Å²) in [5.74, 6) is 2.55. The molecule has 1 nitrogen and oxygen atoms in total. The maximum Gasteiger partial charge on any atom is 0.136 e. The molecule has 2 aliphatic rings. The van der Waals surface area contributed by atoms with Gasteiger partial charge in [0.05, 0.1) is 0 Å². The molecule has 3 unspecified atom stereocenters. The van der Waals surface area contributed by atoms with Crippen LogP contribution in [0.2, 0.25) is 0 Å². The Morgan fingerprint density at radius 1 is 1.33 bits per heavy atom. The molecule has 1 heteroatoms. The van der Waals surface area contributed by atoms with Crippen molar-refractivity contribution in [1.29, 1.82) is 0 Å². The molecule has 0 saturated heterocycles. The summed E-state index contributed by atoms with van der Waals surface area (Å²) in [6.45, 7) is 2.17. The van der Waals surface area contributed by atoms with Gasteiger partial charge in [-0.3, -0.25) is 4.79 Å². The van der Waals surface area contributed by atoms with Crippen LogP contribution in [0, 0.1) is 17.8 Å². The van der Waals surface area contributed by atoms with Crippen LogP contribution in [-0.2, 0) is 4.79 Å². The monoisotopic (exact) mass is 166 g/mol. The zero-order valence-electron chi connectivity index (χ0n) is 7.88. The molecule has 3 atom stereocenters. The topological polar surface area (TPSA) is 17.1 Å². The minimum Gasteiger partial charge on any atom is -0.299 e. The van der Waals surface area contributed by atoms with Gasteiger partial charge in [-0.2, -0.15) is 0 Å². The zero-order valence-corrected chi connectivity index (χ0v) is 7.88. The Hall–Kier alpha value is -0.330. The first-order valence-electron chi connectivity index (χ1n) is 5.35. The van der Waals surface area contributed by atoms with Crippen molar-refractivity contribution in [1.82, 2.24) is 0 Å². The van der Waals surface area contributed by atoms with E-state index in [1.54, 1.807) is 0 Å². The van der Waals surface area contributed by atoms with Crippen molar-refractivity contribution in [3.05, 3.63) is 0 Å². The van der Waals surface area contributed by atoms with Crippen LogP contribution in [0.4, 0.5) is 0 Å². The van der Waals surface area contributed by atoms with Gasteiger partial charge in [0.15, 0.2) is 0 Å². The van der Waals surface area contributed by atoms with E-state index in [-0.39, 0.29) is 0 Å². The lowest BCUT2D eigenvalue weighted by Gasteiger charge is -2.27. The van der Waals surface area contributed by atoms with Crippen LogP contribution >= 0.6 is 0 Å². The van der Waals surface area contributed by atoms with E-state index in [0.29, 0.717) is 11.7 Å². The molecule has 68 valence electrons. The smallest absolute Gasteiger partial charge is 0.136 e. The molecule has 0 aromatic heterocycles. The molecule has 0 N–H and O–H groups in total. The third-order valence-corrected chi connectivity index (χ3v) is 3.80. The predicted molar refractivity (Wildman–Crippen MR) is 48.9 cm³/mol. The van der Waals surface area contributed by atoms with Crippen molar-refractivity contribution < 1.29 is 4.79 Å². The average Bonchev–Trinajstić information content (AvgIpc) is 2.40. The van der Waals surface area contributed by atoms with E-state index in [4.69, 9.17) is 0 Å². The Bertz CT molecular complexity index is 185. The van der Waals surface area contributed by atoms with Crippen molar-refractivity contribution in [2.75, 3.05) is 0 Å². The summed E-state index contributed by atoms with van der Waals surface area (Å²) in [7, 11) is 0. The number of Topliss-reactive ketones (excluding diaryl/α,β-unsaturated/α-hetero) is 1. The molecule has 0 aromatic carbocycles. The first kappa shape index (κ1) is 8.28. The maximum atomic E-state index is 11.6. The highest BCUT2D eigenvalue weighted by Crippen LogP contribution is 2.44. The van der Waals surface area contributed by atoms with Gasteiger partial charge in [0, 0.05) is 12.3 Å². The van der Waals surface area contributed by atoms with Crippen LogP contribution in [-0.4, -0.2) is 5.78 Å². The minimum absolute atomic E-state index is 0.440. The third-order valence-electron chi connectivity index (χ3n) is 3.80. The molecule has 0 heterocycles. The Balaban J connectivity index is 2.10. The van der Waals surface area contributed by atoms with Gasteiger partial charge in [0.2, 0.25) is 0 Å². The third kappa shape index (κ3) is 1.19. The number of carbonyl (C=O) groups excluding carboxylic acids is 1. The lowest BCUT2D eigenvalue weighted by atomic mass is 9.77. The number of hydrogen-bond donors (Lipinski definition) is 0. The fourth-order valence-electron chi connectivity index (χ4n) is 3.20. The van der Waals surface area contributed by atoms with Gasteiger partial charge >= 0.3 is 0 Å². The van der Waals surface area contributed by atoms with Crippen LogP contribution in [0.15, 0.2) is 0 Å². The fraction of sp³-hybridized carbons (Fsp3) is 0.909. The largest absolute Gasteiger partial charge is 0.299 e. The highest BCUT2D eigenvalue weighted by molar-refractivity contribution is 5.83. The second-order valence-electron chi connectivity index (χ2n) is 4.39. The number of hydrogen-bond acceptors (Lipinski definition) is 1. The molecule has 0 aliphatic heterocycles. The first-order chi connectivity index (χ1) is 5.83. The van der Waals surface area contributed by atoms with E-state index in [1.165, 1.54) is 25.7 Å². The predicted octanol–water partition coefficient (Wildman–Crippen LogP) is 2.79. The molecule has 0 radical (unpaired) electrons. The number of rotatable bonds is 1. The molecule has 2 rings (SSSR count). The molecule has 2 aliphatic carbocycles. The summed E-state index contributed by atoms with van der Waals surface area (Å²) in [4.78, 5) is 11.6. The van der Waals surface area contributed by atoms with Crippen molar-refractivity contribution in [2.24, 2.45) is 17.8 Å². The number of fused-ring (bicyclic) bond motifs is 1. The summed E-state index contributed by atoms with van der Waals surface area (Å²) in [5, 5.41) is 0. The maximum absolute atomic E-state index is 11.6. The molecule has 2 fully saturated rings. The molecular formula is C11H18O. The summed E-state index contributed by atoms with van der Waals surface area (Å²) in [6, 6.07) is 0. The SMILES string of the molecule is CCC1C(=O)CC2CCCCC21. The van der Waals surface area contributed by atoms with Crippen molar-refractivity contribution in [3.63, 3.8) is 0 Å². The minimum atomic E-state index is 0.440. The van der Waals surface area contributed by atoms with E-state index in [9.17, 15) is 4.79 Å². The van der Waals surface area contributed by atoms with Crippen LogP contribution in [0.3, 0.4) is 0 Å². The van der Waals surface area contributed by atoms with Crippen LogP contribution in [0.25, 0.3) is 0 Å². The Labute approximate surface area is 74.5 Å². The lowest BCUT2D eigenvalue weighted by Crippen LogP contribution is -2.20. The van der Waals surface area contributed by atoms with Crippen molar-refractivity contribution in [2.45, 2.75) is 45.4 Å². The number of ketones is 1. The van der Waals surface area contributed by atoms with E-state index >= 15 is 0 Å². The van der Waals surface area contributed by atoms with E-state index in [0.717, 1.165) is 24.7 Å². The van der Waals surface area contributed by atoms with Gasteiger partial charge in [0.25, 0.3) is 0 Å². The van der Waals surface area contributed by atoms with Crippen molar-refractivity contribution in [3.8, 4) is 0 Å². The van der Waals surface area contributed by atoms with Gasteiger partial charge in [-0.25, -0.2) is 0 Å². The molecular weight excluding hydrogens is 148 g/mol. The molecule has 0 aromatic rings. The van der Waals surface area contributed by atoms with E-state index in [2.05, 4.69) is 6.92 Å². The second kappa shape index (κ2) is 3.20. The highest BCUT2D eigenvalue weighted by atomic mass is 16.1. The fourth-order valence-corrected chi connectivity index (χ4v) is 3.20. The molecule has 2 saturated carbocycles. The number of carbonyl (C=O) groups is 1. The van der Waals surface area contributed by atoms with Gasteiger partial charge in [-0.15, -0.1) is 0 Å². The van der Waals surface area contributed by atoms with Crippen LogP contribution in [0.1, 0.15) is 45.4 Å². The summed E-state index contributed by atoms with van der Waals surface area (Å²) >= 11 is 0. The standard InChI is InChI=1S/C11H18O/c1-2-9-10-6-4-3-5-8(10)7-11(9)12/h8-10H,2-7H2,1H3. The Morgan fingerprint density at radius 3 is 2.83 bits per heavy atom. The van der Waals surface area contributed by atoms with Crippen molar-refractivity contribution >= 4 is 5.78 Å². The summed E-state index contributed by atoms with van der Waals surface area (Å²) in [6.07, 6.45) is 7.38. The Morgan fingerprint density at radius 2 is 2.08 bits per heavy atom. The van der Waals surface area contributed by atoms with Crippen LogP contribution < -0.4 is 0 Å². The average molecular weight is 166 g/mol. The quantitative estimate of drug-likeness (QED) is 0.585. The molecule has 0 spiro atoms. The summed E-state index contributed by atoms with van der Waals surface area (Å²) in [5.41, 5.74) is 0. The molecule has 0 amide bonds. The molecule has 0 bridgehead atoms. The zero-order chi connectivity index (χ0) is 8.55.